The lowest BCUT2D eigenvalue weighted by molar-refractivity contribution is -0.118. The lowest BCUT2D eigenvalue weighted by Crippen LogP contribution is -2.11. The highest BCUT2D eigenvalue weighted by Gasteiger charge is 2.43. The molecule has 2 heteroatoms. The molecule has 0 bridgehead atoms. The third-order valence-electron chi connectivity index (χ3n) is 4.29. The maximum absolute atomic E-state index is 12.5. The lowest BCUT2D eigenvalue weighted by atomic mass is 9.90. The van der Waals surface area contributed by atoms with Crippen LogP contribution in [0, 0.1) is 11.8 Å². The monoisotopic (exact) mass is 254 g/mol. The largest absolute Gasteiger partial charge is 0.508 e. The minimum Gasteiger partial charge on any atom is -0.508 e. The number of carbonyl (C=O) groups is 1. The predicted octanol–water partition coefficient (Wildman–Crippen LogP) is 3.72. The minimum atomic E-state index is 0.190. The van der Waals surface area contributed by atoms with Crippen LogP contribution in [-0.4, -0.2) is 10.9 Å². The van der Waals surface area contributed by atoms with Gasteiger partial charge in [-0.2, -0.15) is 0 Å². The van der Waals surface area contributed by atoms with Gasteiger partial charge in [0, 0.05) is 11.5 Å². The fourth-order valence-electron chi connectivity index (χ4n) is 3.50. The van der Waals surface area contributed by atoms with E-state index < -0.39 is 0 Å². The van der Waals surface area contributed by atoms with Crippen LogP contribution in [0.4, 0.5) is 0 Å². The first-order chi connectivity index (χ1) is 9.22. The van der Waals surface area contributed by atoms with Crippen LogP contribution in [0.5, 0.6) is 5.75 Å². The Hall–Kier alpha value is -1.83. The number of hydrogen-bond donors (Lipinski definition) is 1. The number of aromatic hydroxyl groups is 1. The molecule has 19 heavy (non-hydrogen) atoms. The second kappa shape index (κ2) is 4.69. The Morgan fingerprint density at radius 2 is 1.84 bits per heavy atom. The quantitative estimate of drug-likeness (QED) is 0.873. The Labute approximate surface area is 113 Å². The van der Waals surface area contributed by atoms with E-state index in [0.717, 1.165) is 30.4 Å². The van der Waals surface area contributed by atoms with Gasteiger partial charge in [0.2, 0.25) is 0 Å². The van der Waals surface area contributed by atoms with E-state index in [0.29, 0.717) is 11.7 Å². The van der Waals surface area contributed by atoms with E-state index in [9.17, 15) is 9.90 Å². The van der Waals surface area contributed by atoms with Crippen molar-refractivity contribution in [3.05, 3.63) is 47.6 Å². The first-order valence-corrected chi connectivity index (χ1v) is 6.93. The summed E-state index contributed by atoms with van der Waals surface area (Å²) in [7, 11) is 0. The molecule has 1 aromatic carbocycles. The SMILES string of the molecule is C/C=C\C1=C(c2ccc(O)cc2)C2CCCC2C1=O. The first kappa shape index (κ1) is 12.2. The Morgan fingerprint density at radius 3 is 2.53 bits per heavy atom. The van der Waals surface area contributed by atoms with Gasteiger partial charge in [-0.05, 0) is 49.0 Å². The van der Waals surface area contributed by atoms with Gasteiger partial charge < -0.3 is 5.11 Å². The number of benzene rings is 1. The molecular formula is C17H18O2. The molecule has 1 aromatic rings. The van der Waals surface area contributed by atoms with Gasteiger partial charge in [-0.25, -0.2) is 0 Å². The maximum atomic E-state index is 12.5. The molecule has 1 fully saturated rings. The first-order valence-electron chi connectivity index (χ1n) is 6.93. The Morgan fingerprint density at radius 1 is 1.16 bits per heavy atom. The number of fused-ring (bicyclic) bond motifs is 1. The summed E-state index contributed by atoms with van der Waals surface area (Å²) in [5.74, 6) is 1.14. The maximum Gasteiger partial charge on any atom is 0.166 e. The van der Waals surface area contributed by atoms with E-state index in [1.54, 1.807) is 12.1 Å². The summed E-state index contributed by atoms with van der Waals surface area (Å²) in [4.78, 5) is 12.5. The van der Waals surface area contributed by atoms with Crippen LogP contribution in [-0.2, 0) is 4.79 Å². The van der Waals surface area contributed by atoms with Gasteiger partial charge >= 0.3 is 0 Å². The molecular weight excluding hydrogens is 236 g/mol. The van der Waals surface area contributed by atoms with Gasteiger partial charge in [0.05, 0.1) is 0 Å². The summed E-state index contributed by atoms with van der Waals surface area (Å²) < 4.78 is 0. The number of Topliss-reactive ketones (excluding diaryl/α,β-unsaturated/α-hetero) is 1. The Balaban J connectivity index is 2.12. The number of hydrogen-bond acceptors (Lipinski definition) is 2. The summed E-state index contributed by atoms with van der Waals surface area (Å²) in [6.07, 6.45) is 7.16. The minimum absolute atomic E-state index is 0.190. The van der Waals surface area contributed by atoms with E-state index in [4.69, 9.17) is 0 Å². The topological polar surface area (TPSA) is 37.3 Å². The molecule has 2 aliphatic carbocycles. The summed E-state index contributed by atoms with van der Waals surface area (Å²) in [5, 5.41) is 9.41. The van der Waals surface area contributed by atoms with Crippen molar-refractivity contribution in [1.29, 1.82) is 0 Å². The number of allylic oxidation sites excluding steroid dienone is 4. The van der Waals surface area contributed by atoms with Crippen molar-refractivity contribution >= 4 is 11.4 Å². The van der Waals surface area contributed by atoms with Gasteiger partial charge in [0.25, 0.3) is 0 Å². The molecule has 0 aliphatic heterocycles. The number of rotatable bonds is 2. The van der Waals surface area contributed by atoms with Crippen LogP contribution >= 0.6 is 0 Å². The number of phenolic OH excluding ortho intramolecular Hbond substituents is 1. The van der Waals surface area contributed by atoms with Crippen LogP contribution in [0.2, 0.25) is 0 Å². The van der Waals surface area contributed by atoms with E-state index in [2.05, 4.69) is 0 Å². The second-order valence-electron chi connectivity index (χ2n) is 5.38. The standard InChI is InChI=1S/C17H18O2/c1-2-4-15-16(11-7-9-12(18)10-8-11)13-5-3-6-14(13)17(15)19/h2,4,7-10,13-14,18H,3,5-6H2,1H3/b4-2-. The average molecular weight is 254 g/mol. The van der Waals surface area contributed by atoms with Gasteiger partial charge in [-0.3, -0.25) is 4.79 Å². The lowest BCUT2D eigenvalue weighted by Gasteiger charge is -2.13. The molecule has 3 rings (SSSR count). The van der Waals surface area contributed by atoms with Gasteiger partial charge in [0.1, 0.15) is 5.75 Å². The molecule has 0 aromatic heterocycles. The summed E-state index contributed by atoms with van der Waals surface area (Å²) >= 11 is 0. The molecule has 2 atom stereocenters. The van der Waals surface area contributed by atoms with Crippen molar-refractivity contribution in [2.24, 2.45) is 11.8 Å². The molecule has 1 saturated carbocycles. The van der Waals surface area contributed by atoms with Gasteiger partial charge in [-0.15, -0.1) is 0 Å². The van der Waals surface area contributed by atoms with Crippen LogP contribution < -0.4 is 0 Å². The van der Waals surface area contributed by atoms with E-state index in [-0.39, 0.29) is 11.7 Å². The van der Waals surface area contributed by atoms with Crippen molar-refractivity contribution in [1.82, 2.24) is 0 Å². The third kappa shape index (κ3) is 1.92. The van der Waals surface area contributed by atoms with Crippen molar-refractivity contribution < 1.29 is 9.90 Å². The normalized spacial score (nSPS) is 26.5. The smallest absolute Gasteiger partial charge is 0.166 e. The highest BCUT2D eigenvalue weighted by Crippen LogP contribution is 2.49. The van der Waals surface area contributed by atoms with Crippen LogP contribution in [0.15, 0.2) is 42.0 Å². The van der Waals surface area contributed by atoms with Crippen LogP contribution in [0.1, 0.15) is 31.7 Å². The zero-order chi connectivity index (χ0) is 13.4. The third-order valence-corrected chi connectivity index (χ3v) is 4.29. The molecule has 0 heterocycles. The van der Waals surface area contributed by atoms with Crippen molar-refractivity contribution in [3.63, 3.8) is 0 Å². The van der Waals surface area contributed by atoms with E-state index in [1.807, 2.05) is 31.2 Å². The fourth-order valence-corrected chi connectivity index (χ4v) is 3.50. The van der Waals surface area contributed by atoms with E-state index in [1.165, 1.54) is 5.57 Å². The zero-order valence-electron chi connectivity index (χ0n) is 11.1. The molecule has 0 radical (unpaired) electrons. The molecule has 1 N–H and O–H groups in total. The zero-order valence-corrected chi connectivity index (χ0v) is 11.1. The van der Waals surface area contributed by atoms with Gasteiger partial charge in [0.15, 0.2) is 5.78 Å². The molecule has 2 nitrogen and oxygen atoms in total. The average Bonchev–Trinajstić information content (AvgIpc) is 2.96. The molecule has 2 aliphatic rings. The number of phenols is 1. The second-order valence-corrected chi connectivity index (χ2v) is 5.38. The summed E-state index contributed by atoms with van der Waals surface area (Å²) in [6, 6.07) is 7.23. The van der Waals surface area contributed by atoms with Crippen molar-refractivity contribution in [3.8, 4) is 5.75 Å². The fraction of sp³-hybridized carbons (Fsp3) is 0.353. The summed E-state index contributed by atoms with van der Waals surface area (Å²) in [6.45, 7) is 1.95. The highest BCUT2D eigenvalue weighted by molar-refractivity contribution is 6.12. The molecule has 0 amide bonds. The molecule has 0 saturated heterocycles. The van der Waals surface area contributed by atoms with E-state index >= 15 is 0 Å². The molecule has 2 unspecified atom stereocenters. The van der Waals surface area contributed by atoms with Gasteiger partial charge in [-0.1, -0.05) is 30.7 Å². The molecule has 0 spiro atoms. The number of carbonyl (C=O) groups excluding carboxylic acids is 1. The van der Waals surface area contributed by atoms with Crippen molar-refractivity contribution in [2.45, 2.75) is 26.2 Å². The van der Waals surface area contributed by atoms with Crippen molar-refractivity contribution in [2.75, 3.05) is 0 Å². The Bertz CT molecular complexity index is 563. The predicted molar refractivity (Wildman–Crippen MR) is 75.7 cm³/mol. The number of ketones is 1. The highest BCUT2D eigenvalue weighted by atomic mass is 16.3. The van der Waals surface area contributed by atoms with Crippen LogP contribution in [0.3, 0.4) is 0 Å². The molecule has 98 valence electrons. The van der Waals surface area contributed by atoms with Crippen LogP contribution in [0.25, 0.3) is 5.57 Å². The summed E-state index contributed by atoms with van der Waals surface area (Å²) in [5.41, 5.74) is 3.14. The Kier molecular flexibility index (Phi) is 3.02.